The van der Waals surface area contributed by atoms with Crippen LogP contribution in [0.2, 0.25) is 0 Å². The molecule has 0 amide bonds. The first-order chi connectivity index (χ1) is 7.66. The monoisotopic (exact) mass is 221 g/mol. The van der Waals surface area contributed by atoms with Gasteiger partial charge in [-0.25, -0.2) is 0 Å². The van der Waals surface area contributed by atoms with Gasteiger partial charge in [-0.15, -0.1) is 0 Å². The van der Waals surface area contributed by atoms with Crippen LogP contribution in [0.15, 0.2) is 12.2 Å². The molecule has 1 aliphatic carbocycles. The third-order valence-corrected chi connectivity index (χ3v) is 5.09. The number of hydrogen-bond donors (Lipinski definition) is 0. The van der Waals surface area contributed by atoms with Crippen LogP contribution in [0, 0.1) is 11.8 Å². The Hall–Kier alpha value is -0.300. The molecular weight excluding hydrogens is 194 g/mol. The molecule has 0 aromatic rings. The molecule has 0 spiro atoms. The van der Waals surface area contributed by atoms with E-state index in [1.807, 2.05) is 0 Å². The van der Waals surface area contributed by atoms with Gasteiger partial charge in [-0.05, 0) is 64.5 Å². The molecule has 1 fully saturated rings. The molecule has 16 heavy (non-hydrogen) atoms. The van der Waals surface area contributed by atoms with E-state index in [2.05, 4.69) is 37.9 Å². The van der Waals surface area contributed by atoms with Gasteiger partial charge in [-0.1, -0.05) is 25.5 Å². The first-order valence-electron chi connectivity index (χ1n) is 7.05. The minimum atomic E-state index is 0.339. The first kappa shape index (κ1) is 12.2. The van der Waals surface area contributed by atoms with E-state index >= 15 is 0 Å². The summed E-state index contributed by atoms with van der Waals surface area (Å²) in [6.07, 6.45) is 13.3. The van der Waals surface area contributed by atoms with E-state index < -0.39 is 0 Å². The summed E-state index contributed by atoms with van der Waals surface area (Å²) in [7, 11) is 2.30. The maximum atomic E-state index is 2.58. The highest BCUT2D eigenvalue weighted by molar-refractivity contribution is 5.11. The van der Waals surface area contributed by atoms with E-state index in [9.17, 15) is 0 Å². The highest BCUT2D eigenvalue weighted by Gasteiger charge is 2.39. The van der Waals surface area contributed by atoms with Crippen LogP contribution in [-0.2, 0) is 0 Å². The maximum absolute atomic E-state index is 2.58. The standard InChI is InChI=1S/C15H27N/c1-4-13-8-5-6-10-15(2)14(12-13)9-7-11-16(15)3/h6,10,13-14H,4-5,7-9,11-12H2,1-3H3. The molecule has 0 bridgehead atoms. The van der Waals surface area contributed by atoms with Crippen molar-refractivity contribution in [2.75, 3.05) is 13.6 Å². The number of fused-ring (bicyclic) bond motifs is 1. The van der Waals surface area contributed by atoms with Gasteiger partial charge >= 0.3 is 0 Å². The molecule has 0 radical (unpaired) electrons. The Bertz CT molecular complexity index is 258. The molecule has 1 nitrogen and oxygen atoms in total. The highest BCUT2D eigenvalue weighted by Crippen LogP contribution is 2.40. The lowest BCUT2D eigenvalue weighted by molar-refractivity contribution is 0.0515. The summed E-state index contributed by atoms with van der Waals surface area (Å²) in [4.78, 5) is 2.58. The average molecular weight is 221 g/mol. The number of likely N-dealkylation sites (N-methyl/N-ethyl adjacent to an activating group) is 1. The van der Waals surface area contributed by atoms with Crippen LogP contribution >= 0.6 is 0 Å². The molecule has 0 aromatic heterocycles. The van der Waals surface area contributed by atoms with Gasteiger partial charge in [0.2, 0.25) is 0 Å². The smallest absolute Gasteiger partial charge is 0.0388 e. The third-order valence-electron chi connectivity index (χ3n) is 5.09. The number of allylic oxidation sites excluding steroid dienone is 1. The molecule has 2 rings (SSSR count). The lowest BCUT2D eigenvalue weighted by Gasteiger charge is -2.48. The molecular formula is C15H27N. The minimum absolute atomic E-state index is 0.339. The second-order valence-electron chi connectivity index (χ2n) is 5.98. The fourth-order valence-electron chi connectivity index (χ4n) is 3.58. The van der Waals surface area contributed by atoms with Crippen molar-refractivity contribution in [1.29, 1.82) is 0 Å². The maximum Gasteiger partial charge on any atom is 0.0388 e. The highest BCUT2D eigenvalue weighted by atomic mass is 15.2. The molecule has 0 saturated carbocycles. The van der Waals surface area contributed by atoms with Crippen LogP contribution in [-0.4, -0.2) is 24.0 Å². The zero-order valence-electron chi connectivity index (χ0n) is 11.2. The van der Waals surface area contributed by atoms with E-state index in [1.54, 1.807) is 0 Å². The van der Waals surface area contributed by atoms with Crippen molar-refractivity contribution in [3.63, 3.8) is 0 Å². The summed E-state index contributed by atoms with van der Waals surface area (Å²) in [5.74, 6) is 1.84. The lowest BCUT2D eigenvalue weighted by atomic mass is 9.71. The Kier molecular flexibility index (Phi) is 3.73. The number of rotatable bonds is 1. The van der Waals surface area contributed by atoms with Crippen molar-refractivity contribution >= 4 is 0 Å². The SMILES string of the molecule is CCC1CCC=CC2(C)C(CCCN2C)C1. The first-order valence-corrected chi connectivity index (χ1v) is 7.05. The van der Waals surface area contributed by atoms with Gasteiger partial charge in [-0.2, -0.15) is 0 Å². The molecule has 0 N–H and O–H groups in total. The topological polar surface area (TPSA) is 3.24 Å². The van der Waals surface area contributed by atoms with Crippen LogP contribution in [0.25, 0.3) is 0 Å². The van der Waals surface area contributed by atoms with Crippen LogP contribution < -0.4 is 0 Å². The van der Waals surface area contributed by atoms with E-state index in [0.717, 1.165) is 11.8 Å². The average Bonchev–Trinajstić information content (AvgIpc) is 2.26. The molecule has 3 atom stereocenters. The molecule has 1 heteroatoms. The molecule has 3 unspecified atom stereocenters. The van der Waals surface area contributed by atoms with Gasteiger partial charge in [-0.3, -0.25) is 4.90 Å². The van der Waals surface area contributed by atoms with Crippen molar-refractivity contribution in [1.82, 2.24) is 4.90 Å². The predicted octanol–water partition coefficient (Wildman–Crippen LogP) is 3.85. The van der Waals surface area contributed by atoms with Crippen molar-refractivity contribution in [3.05, 3.63) is 12.2 Å². The Balaban J connectivity index is 2.20. The van der Waals surface area contributed by atoms with Gasteiger partial charge in [0.05, 0.1) is 0 Å². The zero-order valence-corrected chi connectivity index (χ0v) is 11.2. The number of piperidine rings is 1. The van der Waals surface area contributed by atoms with Crippen molar-refractivity contribution in [2.45, 2.75) is 57.9 Å². The van der Waals surface area contributed by atoms with Crippen molar-refractivity contribution < 1.29 is 0 Å². The van der Waals surface area contributed by atoms with Gasteiger partial charge in [0.25, 0.3) is 0 Å². The Labute approximate surface area is 101 Å². The third kappa shape index (κ3) is 2.20. The summed E-state index contributed by atoms with van der Waals surface area (Å²) in [5, 5.41) is 0. The minimum Gasteiger partial charge on any atom is -0.297 e. The summed E-state index contributed by atoms with van der Waals surface area (Å²) in [6, 6.07) is 0. The van der Waals surface area contributed by atoms with Gasteiger partial charge in [0, 0.05) is 5.54 Å². The summed E-state index contributed by atoms with van der Waals surface area (Å²) < 4.78 is 0. The second kappa shape index (κ2) is 4.91. The summed E-state index contributed by atoms with van der Waals surface area (Å²) >= 11 is 0. The van der Waals surface area contributed by atoms with Crippen molar-refractivity contribution in [2.24, 2.45) is 11.8 Å². The largest absolute Gasteiger partial charge is 0.297 e. The van der Waals surface area contributed by atoms with Gasteiger partial charge in [0.15, 0.2) is 0 Å². The molecule has 1 aliphatic heterocycles. The fraction of sp³-hybridized carbons (Fsp3) is 0.867. The van der Waals surface area contributed by atoms with Crippen molar-refractivity contribution in [3.8, 4) is 0 Å². The van der Waals surface area contributed by atoms with E-state index in [0.29, 0.717) is 5.54 Å². The summed E-state index contributed by atoms with van der Waals surface area (Å²) in [6.45, 7) is 6.08. The fourth-order valence-corrected chi connectivity index (χ4v) is 3.58. The number of likely N-dealkylation sites (tertiary alicyclic amines) is 1. The van der Waals surface area contributed by atoms with E-state index in [4.69, 9.17) is 0 Å². The zero-order chi connectivity index (χ0) is 11.6. The summed E-state index contributed by atoms with van der Waals surface area (Å²) in [5.41, 5.74) is 0.339. The molecule has 2 aliphatic rings. The van der Waals surface area contributed by atoms with Crippen LogP contribution in [0.4, 0.5) is 0 Å². The predicted molar refractivity (Wildman–Crippen MR) is 70.5 cm³/mol. The van der Waals surface area contributed by atoms with Gasteiger partial charge < -0.3 is 0 Å². The Morgan fingerprint density at radius 3 is 2.94 bits per heavy atom. The molecule has 92 valence electrons. The molecule has 1 saturated heterocycles. The Morgan fingerprint density at radius 2 is 2.19 bits per heavy atom. The van der Waals surface area contributed by atoms with Gasteiger partial charge in [0.1, 0.15) is 0 Å². The van der Waals surface area contributed by atoms with Crippen LogP contribution in [0.3, 0.4) is 0 Å². The second-order valence-corrected chi connectivity index (χ2v) is 5.98. The molecule has 1 heterocycles. The normalized spacial score (nSPS) is 41.2. The quantitative estimate of drug-likeness (QED) is 0.608. The Morgan fingerprint density at radius 1 is 1.38 bits per heavy atom. The van der Waals surface area contributed by atoms with E-state index in [1.165, 1.54) is 45.1 Å². The van der Waals surface area contributed by atoms with Crippen LogP contribution in [0.1, 0.15) is 52.4 Å². The lowest BCUT2D eigenvalue weighted by Crippen LogP contribution is -2.52. The number of hydrogen-bond acceptors (Lipinski definition) is 1. The number of nitrogens with zero attached hydrogens (tertiary/aromatic N) is 1. The van der Waals surface area contributed by atoms with E-state index in [-0.39, 0.29) is 0 Å². The molecule has 0 aromatic carbocycles. The van der Waals surface area contributed by atoms with Crippen LogP contribution in [0.5, 0.6) is 0 Å².